The lowest BCUT2D eigenvalue weighted by Crippen LogP contribution is -2.20. The average Bonchev–Trinajstić information content (AvgIpc) is 2.43. The third kappa shape index (κ3) is 4.64. The minimum atomic E-state index is -4.23. The molecule has 1 unspecified atom stereocenters. The van der Waals surface area contributed by atoms with E-state index in [0.29, 0.717) is 18.7 Å². The van der Waals surface area contributed by atoms with E-state index < -0.39 is 18.2 Å². The van der Waals surface area contributed by atoms with E-state index in [1.807, 2.05) is 0 Å². The number of aliphatic hydroxyl groups excluding tert-OH is 1. The molecule has 0 spiro atoms. The molecule has 4 nitrogen and oxygen atoms in total. The first-order valence-corrected chi connectivity index (χ1v) is 7.50. The van der Waals surface area contributed by atoms with Gasteiger partial charge < -0.3 is 5.11 Å². The van der Waals surface area contributed by atoms with Crippen molar-refractivity contribution in [1.82, 2.24) is 15.0 Å². The van der Waals surface area contributed by atoms with Gasteiger partial charge in [0.2, 0.25) is 5.28 Å². The van der Waals surface area contributed by atoms with Gasteiger partial charge in [0.1, 0.15) is 5.82 Å². The van der Waals surface area contributed by atoms with E-state index in [0.717, 1.165) is 18.9 Å². The van der Waals surface area contributed by atoms with Crippen LogP contribution in [0.2, 0.25) is 5.28 Å². The van der Waals surface area contributed by atoms with Crippen molar-refractivity contribution in [3.63, 3.8) is 0 Å². The minimum absolute atomic E-state index is 0.0411. The van der Waals surface area contributed by atoms with Gasteiger partial charge in [0.25, 0.3) is 0 Å². The summed E-state index contributed by atoms with van der Waals surface area (Å²) in [5.74, 6) is -0.845. The Morgan fingerprint density at radius 1 is 1.36 bits per heavy atom. The molecule has 122 valence electrons. The fourth-order valence-corrected chi connectivity index (χ4v) is 2.42. The summed E-state index contributed by atoms with van der Waals surface area (Å²) in [6.45, 7) is 1.13. The highest BCUT2D eigenvalue weighted by Crippen LogP contribution is 2.29. The standard InChI is InChI=1S/C14H17ClF3N3O/c1-8(14(16,17)18)5-6-11-19-12(21-13(15)20-11)9-3-2-4-10(22)7-9/h7-8,10,22H,2-6H2,1H3/t8-,10?/m0/s1. The van der Waals surface area contributed by atoms with Crippen LogP contribution in [-0.4, -0.2) is 32.3 Å². The van der Waals surface area contributed by atoms with Crippen molar-refractivity contribution in [2.45, 2.75) is 51.3 Å². The summed E-state index contributed by atoms with van der Waals surface area (Å²) in [5.41, 5.74) is 0.758. The number of allylic oxidation sites excluding steroid dienone is 1. The van der Waals surface area contributed by atoms with Crippen molar-refractivity contribution in [2.75, 3.05) is 0 Å². The predicted octanol–water partition coefficient (Wildman–Crippen LogP) is 3.58. The highest BCUT2D eigenvalue weighted by molar-refractivity contribution is 6.28. The molecule has 0 amide bonds. The maximum Gasteiger partial charge on any atom is 0.391 e. The molecule has 2 atom stereocenters. The molecule has 1 aromatic heterocycles. The summed E-state index contributed by atoms with van der Waals surface area (Å²) < 4.78 is 37.6. The van der Waals surface area contributed by atoms with Gasteiger partial charge in [-0.25, -0.2) is 9.97 Å². The molecule has 0 saturated carbocycles. The number of alkyl halides is 3. The normalized spacial score (nSPS) is 20.6. The Morgan fingerprint density at radius 2 is 2.09 bits per heavy atom. The number of aliphatic hydroxyl groups is 1. The van der Waals surface area contributed by atoms with Crippen LogP contribution in [0.4, 0.5) is 13.2 Å². The molecule has 2 rings (SSSR count). The Labute approximate surface area is 131 Å². The zero-order valence-corrected chi connectivity index (χ0v) is 12.8. The summed E-state index contributed by atoms with van der Waals surface area (Å²) in [6.07, 6.45) is -0.956. The molecule has 0 radical (unpaired) electrons. The maximum atomic E-state index is 12.5. The molecule has 1 aromatic rings. The number of nitrogens with zero attached hydrogens (tertiary/aromatic N) is 3. The lowest BCUT2D eigenvalue weighted by Gasteiger charge is -2.17. The SMILES string of the molecule is C[C@@H](CCc1nc(Cl)nc(C2=CC(O)CCC2)n1)C(F)(F)F. The number of hydrogen-bond acceptors (Lipinski definition) is 4. The van der Waals surface area contributed by atoms with Gasteiger partial charge in [-0.05, 0) is 48.9 Å². The number of aryl methyl sites for hydroxylation is 1. The second-order valence-electron chi connectivity index (χ2n) is 5.48. The van der Waals surface area contributed by atoms with Gasteiger partial charge in [0.05, 0.1) is 12.0 Å². The zero-order chi connectivity index (χ0) is 16.3. The second kappa shape index (κ2) is 6.91. The lowest BCUT2D eigenvalue weighted by molar-refractivity contribution is -0.171. The van der Waals surface area contributed by atoms with Gasteiger partial charge in [0, 0.05) is 6.42 Å². The van der Waals surface area contributed by atoms with Crippen molar-refractivity contribution in [2.24, 2.45) is 5.92 Å². The van der Waals surface area contributed by atoms with Crippen LogP contribution in [0.3, 0.4) is 0 Å². The van der Waals surface area contributed by atoms with Crippen molar-refractivity contribution in [3.05, 3.63) is 23.0 Å². The number of hydrogen-bond donors (Lipinski definition) is 1. The van der Waals surface area contributed by atoms with Gasteiger partial charge in [-0.15, -0.1) is 0 Å². The molecule has 0 bridgehead atoms. The Hall–Kier alpha value is -1.21. The Kier molecular flexibility index (Phi) is 5.39. The van der Waals surface area contributed by atoms with Crippen molar-refractivity contribution >= 4 is 17.2 Å². The molecule has 0 aliphatic heterocycles. The molecule has 0 fully saturated rings. The average molecular weight is 336 g/mol. The highest BCUT2D eigenvalue weighted by Gasteiger charge is 2.35. The molecule has 0 saturated heterocycles. The molecule has 1 aliphatic carbocycles. The summed E-state index contributed by atoms with van der Waals surface area (Å²) in [6, 6.07) is 0. The fraction of sp³-hybridized carbons (Fsp3) is 0.643. The lowest BCUT2D eigenvalue weighted by atomic mass is 9.97. The van der Waals surface area contributed by atoms with Crippen molar-refractivity contribution in [1.29, 1.82) is 0 Å². The number of aromatic nitrogens is 3. The zero-order valence-electron chi connectivity index (χ0n) is 12.1. The number of rotatable bonds is 4. The predicted molar refractivity (Wildman–Crippen MR) is 76.2 cm³/mol. The van der Waals surface area contributed by atoms with Crippen LogP contribution in [0.15, 0.2) is 6.08 Å². The maximum absolute atomic E-state index is 12.5. The molecule has 1 aliphatic rings. The number of halogens is 4. The minimum Gasteiger partial charge on any atom is -0.389 e. The molecule has 22 heavy (non-hydrogen) atoms. The molecular formula is C14H17ClF3N3O. The summed E-state index contributed by atoms with van der Waals surface area (Å²) >= 11 is 5.84. The largest absolute Gasteiger partial charge is 0.391 e. The van der Waals surface area contributed by atoms with Gasteiger partial charge in [-0.3, -0.25) is 0 Å². The van der Waals surface area contributed by atoms with Crippen LogP contribution < -0.4 is 0 Å². The van der Waals surface area contributed by atoms with Gasteiger partial charge in [0.15, 0.2) is 5.82 Å². The summed E-state index contributed by atoms with van der Waals surface area (Å²) in [4.78, 5) is 12.1. The molecular weight excluding hydrogens is 319 g/mol. The third-order valence-corrected chi connectivity index (χ3v) is 3.81. The van der Waals surface area contributed by atoms with Crippen LogP contribution in [0.5, 0.6) is 0 Å². The van der Waals surface area contributed by atoms with Gasteiger partial charge in [-0.2, -0.15) is 18.2 Å². The van der Waals surface area contributed by atoms with Crippen LogP contribution in [0.1, 0.15) is 44.3 Å². The van der Waals surface area contributed by atoms with E-state index in [1.54, 1.807) is 6.08 Å². The Balaban J connectivity index is 2.13. The van der Waals surface area contributed by atoms with Crippen LogP contribution in [-0.2, 0) is 6.42 Å². The summed E-state index contributed by atoms with van der Waals surface area (Å²) in [7, 11) is 0. The van der Waals surface area contributed by atoms with E-state index in [2.05, 4.69) is 15.0 Å². The first kappa shape index (κ1) is 17.1. The van der Waals surface area contributed by atoms with Crippen LogP contribution in [0, 0.1) is 5.92 Å². The molecule has 1 N–H and O–H groups in total. The van der Waals surface area contributed by atoms with E-state index in [4.69, 9.17) is 11.6 Å². The smallest absolute Gasteiger partial charge is 0.389 e. The Bertz CT molecular complexity index is 563. The topological polar surface area (TPSA) is 58.9 Å². The first-order chi connectivity index (χ1) is 10.3. The van der Waals surface area contributed by atoms with Gasteiger partial charge in [-0.1, -0.05) is 6.92 Å². The molecule has 8 heteroatoms. The van der Waals surface area contributed by atoms with E-state index in [1.165, 1.54) is 0 Å². The third-order valence-electron chi connectivity index (χ3n) is 3.64. The van der Waals surface area contributed by atoms with E-state index in [9.17, 15) is 18.3 Å². The quantitative estimate of drug-likeness (QED) is 0.913. The second-order valence-corrected chi connectivity index (χ2v) is 5.82. The van der Waals surface area contributed by atoms with E-state index in [-0.39, 0.29) is 23.9 Å². The summed E-state index contributed by atoms with van der Waals surface area (Å²) in [5, 5.41) is 9.60. The van der Waals surface area contributed by atoms with Crippen LogP contribution in [0.25, 0.3) is 5.57 Å². The van der Waals surface area contributed by atoms with Crippen molar-refractivity contribution < 1.29 is 18.3 Å². The highest BCUT2D eigenvalue weighted by atomic mass is 35.5. The first-order valence-electron chi connectivity index (χ1n) is 7.12. The van der Waals surface area contributed by atoms with Gasteiger partial charge >= 0.3 is 6.18 Å². The van der Waals surface area contributed by atoms with Crippen LogP contribution >= 0.6 is 11.6 Å². The van der Waals surface area contributed by atoms with E-state index >= 15 is 0 Å². The van der Waals surface area contributed by atoms with Crippen molar-refractivity contribution in [3.8, 4) is 0 Å². The Morgan fingerprint density at radius 3 is 2.73 bits per heavy atom. The molecule has 1 heterocycles. The molecule has 0 aromatic carbocycles. The fourth-order valence-electron chi connectivity index (χ4n) is 2.24. The monoisotopic (exact) mass is 335 g/mol.